The zero-order valence-electron chi connectivity index (χ0n) is 8.20. The summed E-state index contributed by atoms with van der Waals surface area (Å²) in [5.41, 5.74) is 3.66. The normalized spacial score (nSPS) is 17.2. The first-order chi connectivity index (χ1) is 6.90. The summed E-state index contributed by atoms with van der Waals surface area (Å²) in [6.07, 6.45) is 11.5. The summed E-state index contributed by atoms with van der Waals surface area (Å²) in [6.45, 7) is 1.93. The molecule has 1 aliphatic carbocycles. The predicted octanol–water partition coefficient (Wildman–Crippen LogP) is 3.59. The highest BCUT2D eigenvalue weighted by Crippen LogP contribution is 2.22. The van der Waals surface area contributed by atoms with Crippen molar-refractivity contribution in [3.8, 4) is 0 Å². The van der Waals surface area contributed by atoms with Crippen LogP contribution in [-0.4, -0.2) is 0 Å². The Labute approximate surface area is 85.3 Å². The summed E-state index contributed by atoms with van der Waals surface area (Å²) in [4.78, 5) is 0. The molecule has 0 amide bonds. The average molecular weight is 180 g/mol. The summed E-state index contributed by atoms with van der Waals surface area (Å²) in [5, 5.41) is 0. The summed E-state index contributed by atoms with van der Waals surface area (Å²) < 4.78 is 0. The molecule has 0 heterocycles. The Morgan fingerprint density at radius 3 is 2.43 bits per heavy atom. The topological polar surface area (TPSA) is 0 Å². The van der Waals surface area contributed by atoms with Crippen molar-refractivity contribution < 1.29 is 0 Å². The maximum atomic E-state index is 3.11. The molecule has 0 spiro atoms. The van der Waals surface area contributed by atoms with Gasteiger partial charge in [-0.05, 0) is 30.6 Å². The largest absolute Gasteiger partial charge is 0.144 e. The molecular weight excluding hydrogens is 168 g/mol. The van der Waals surface area contributed by atoms with Crippen LogP contribution in [0.1, 0.15) is 12.5 Å². The van der Waals surface area contributed by atoms with Gasteiger partial charge in [-0.1, -0.05) is 42.5 Å². The van der Waals surface area contributed by atoms with Crippen LogP contribution in [-0.2, 0) is 0 Å². The number of allylic oxidation sites excluding steroid dienone is 6. The van der Waals surface area contributed by atoms with E-state index >= 15 is 0 Å². The minimum atomic E-state index is 1.14. The van der Waals surface area contributed by atoms with E-state index in [-0.39, 0.29) is 0 Å². The Bertz CT molecular complexity index is 391. The SMILES string of the molecule is C[C+]=C1C=CC(c2ccccc2)=C[CH-]1. The number of rotatable bonds is 1. The van der Waals surface area contributed by atoms with Gasteiger partial charge in [0.1, 0.15) is 0 Å². The summed E-state index contributed by atoms with van der Waals surface area (Å²) in [7, 11) is 0. The van der Waals surface area contributed by atoms with Crippen molar-refractivity contribution in [3.63, 3.8) is 0 Å². The van der Waals surface area contributed by atoms with Crippen LogP contribution in [0.15, 0.2) is 54.1 Å². The van der Waals surface area contributed by atoms with Crippen LogP contribution < -0.4 is 0 Å². The fraction of sp³-hybridized carbons (Fsp3) is 0.0714. The second-order valence-electron chi connectivity index (χ2n) is 3.19. The van der Waals surface area contributed by atoms with Crippen LogP contribution in [0.5, 0.6) is 0 Å². The van der Waals surface area contributed by atoms with E-state index in [0.29, 0.717) is 0 Å². The van der Waals surface area contributed by atoms with Crippen LogP contribution in [0, 0.1) is 12.5 Å². The molecule has 68 valence electrons. The highest BCUT2D eigenvalue weighted by atomic mass is 14.1. The molecule has 0 radical (unpaired) electrons. The van der Waals surface area contributed by atoms with Gasteiger partial charge in [0, 0.05) is 5.57 Å². The molecule has 1 aromatic rings. The van der Waals surface area contributed by atoms with Gasteiger partial charge in [-0.2, -0.15) is 0 Å². The monoisotopic (exact) mass is 180 g/mol. The van der Waals surface area contributed by atoms with Gasteiger partial charge in [0.25, 0.3) is 0 Å². The molecule has 2 rings (SSSR count). The third-order valence-electron chi connectivity index (χ3n) is 2.28. The fourth-order valence-corrected chi connectivity index (χ4v) is 1.46. The van der Waals surface area contributed by atoms with Crippen molar-refractivity contribution in [2.45, 2.75) is 6.92 Å². The van der Waals surface area contributed by atoms with Gasteiger partial charge in [-0.3, -0.25) is 0 Å². The summed E-state index contributed by atoms with van der Waals surface area (Å²) in [6, 6.07) is 10.4. The molecule has 0 saturated heterocycles. The lowest BCUT2D eigenvalue weighted by atomic mass is 9.97. The summed E-state index contributed by atoms with van der Waals surface area (Å²) in [5.74, 6) is 0. The minimum Gasteiger partial charge on any atom is -0.144 e. The molecule has 0 bridgehead atoms. The van der Waals surface area contributed by atoms with Crippen molar-refractivity contribution in [1.29, 1.82) is 0 Å². The lowest BCUT2D eigenvalue weighted by Gasteiger charge is -2.08. The van der Waals surface area contributed by atoms with Crippen molar-refractivity contribution in [2.75, 3.05) is 0 Å². The first-order valence-electron chi connectivity index (χ1n) is 4.73. The zero-order chi connectivity index (χ0) is 9.80. The molecule has 0 atom stereocenters. The van der Waals surface area contributed by atoms with Crippen molar-refractivity contribution in [2.24, 2.45) is 0 Å². The Hall–Kier alpha value is -1.78. The second kappa shape index (κ2) is 3.95. The average Bonchev–Trinajstić information content (AvgIpc) is 2.30. The van der Waals surface area contributed by atoms with Gasteiger partial charge >= 0.3 is 0 Å². The van der Waals surface area contributed by atoms with Gasteiger partial charge < -0.3 is 0 Å². The molecule has 14 heavy (non-hydrogen) atoms. The quantitative estimate of drug-likeness (QED) is 0.579. The molecule has 0 unspecified atom stereocenters. The fourth-order valence-electron chi connectivity index (χ4n) is 1.46. The van der Waals surface area contributed by atoms with Crippen LogP contribution >= 0.6 is 0 Å². The van der Waals surface area contributed by atoms with Gasteiger partial charge in [0.05, 0.1) is 0 Å². The van der Waals surface area contributed by atoms with Crippen molar-refractivity contribution in [1.82, 2.24) is 0 Å². The molecule has 1 aliphatic rings. The van der Waals surface area contributed by atoms with Gasteiger partial charge in [-0.25, -0.2) is 0 Å². The Kier molecular flexibility index (Phi) is 2.48. The molecule has 1 aromatic carbocycles. The van der Waals surface area contributed by atoms with Crippen LogP contribution in [0.3, 0.4) is 0 Å². The Morgan fingerprint density at radius 1 is 1.07 bits per heavy atom. The van der Waals surface area contributed by atoms with Gasteiger partial charge in [0.15, 0.2) is 0 Å². The first kappa shape index (κ1) is 8.80. The Morgan fingerprint density at radius 2 is 1.86 bits per heavy atom. The maximum absolute atomic E-state index is 3.11. The van der Waals surface area contributed by atoms with Crippen LogP contribution in [0.2, 0.25) is 0 Å². The Balaban J connectivity index is 2.24. The molecule has 0 N–H and O–H groups in total. The van der Waals surface area contributed by atoms with E-state index in [9.17, 15) is 0 Å². The van der Waals surface area contributed by atoms with Crippen LogP contribution in [0.4, 0.5) is 0 Å². The predicted molar refractivity (Wildman–Crippen MR) is 60.3 cm³/mol. The number of benzene rings is 1. The molecule has 0 nitrogen and oxygen atoms in total. The molecule has 0 saturated carbocycles. The molecule has 0 aliphatic heterocycles. The highest BCUT2D eigenvalue weighted by Gasteiger charge is 2.02. The van der Waals surface area contributed by atoms with E-state index in [1.807, 2.05) is 13.0 Å². The van der Waals surface area contributed by atoms with Crippen molar-refractivity contribution in [3.05, 3.63) is 72.2 Å². The summed E-state index contributed by atoms with van der Waals surface area (Å²) >= 11 is 0. The highest BCUT2D eigenvalue weighted by molar-refractivity contribution is 5.78. The first-order valence-corrected chi connectivity index (χ1v) is 4.73. The molecule has 0 fully saturated rings. The third-order valence-corrected chi connectivity index (χ3v) is 2.28. The van der Waals surface area contributed by atoms with E-state index < -0.39 is 0 Å². The number of hydrogen-bond acceptors (Lipinski definition) is 0. The minimum absolute atomic E-state index is 1.14. The van der Waals surface area contributed by atoms with E-state index in [4.69, 9.17) is 0 Å². The number of hydrogen-bond donors (Lipinski definition) is 0. The molecular formula is C14H12. The molecule has 0 heteroatoms. The molecule has 0 aromatic heterocycles. The standard InChI is InChI=1S/C14H12/c1-2-12-8-10-14(11-9-12)13-6-4-3-5-7-13/h3-11H,1H3. The lowest BCUT2D eigenvalue weighted by molar-refractivity contribution is 1.44. The van der Waals surface area contributed by atoms with E-state index in [1.54, 1.807) is 0 Å². The van der Waals surface area contributed by atoms with Crippen molar-refractivity contribution >= 4 is 5.57 Å². The van der Waals surface area contributed by atoms with Crippen LogP contribution in [0.25, 0.3) is 5.57 Å². The van der Waals surface area contributed by atoms with Gasteiger partial charge in [-0.15, -0.1) is 6.08 Å². The zero-order valence-corrected chi connectivity index (χ0v) is 8.20. The van der Waals surface area contributed by atoms with E-state index in [2.05, 4.69) is 55.0 Å². The maximum Gasteiger partial charge on any atom is 0.0116 e. The smallest absolute Gasteiger partial charge is 0.0116 e. The van der Waals surface area contributed by atoms with Gasteiger partial charge in [0.2, 0.25) is 0 Å². The van der Waals surface area contributed by atoms with E-state index in [1.165, 1.54) is 11.1 Å². The van der Waals surface area contributed by atoms with E-state index in [0.717, 1.165) is 5.57 Å². The lowest BCUT2D eigenvalue weighted by Crippen LogP contribution is -1.88. The third kappa shape index (κ3) is 1.76. The second-order valence-corrected chi connectivity index (χ2v) is 3.19.